The second-order valence-electron chi connectivity index (χ2n) is 5.06. The van der Waals surface area contributed by atoms with Crippen LogP contribution in [-0.4, -0.2) is 37.5 Å². The van der Waals surface area contributed by atoms with Crippen LogP contribution in [0.15, 0.2) is 27.8 Å². The largest absolute Gasteiger partial charge is 0.496 e. The smallest absolute Gasteiger partial charge is 0.256 e. The van der Waals surface area contributed by atoms with E-state index in [1.54, 1.807) is 28.1 Å². The highest BCUT2D eigenvalue weighted by molar-refractivity contribution is 9.10. The second-order valence-corrected chi connectivity index (χ2v) is 5.91. The lowest BCUT2D eigenvalue weighted by Gasteiger charge is -2.17. The molecule has 2 amide bonds. The Labute approximate surface area is 138 Å². The standard InChI is InChI=1S/C16H18BrNO4/c1-9-10(2)16(20)18(15(9)19)6-5-11-7-14(22-4)12(17)8-13(11)21-3/h7-8H,5-6H2,1-4H3. The van der Waals surface area contributed by atoms with Crippen molar-refractivity contribution in [3.63, 3.8) is 0 Å². The van der Waals surface area contributed by atoms with Crippen molar-refractivity contribution >= 4 is 27.7 Å². The molecule has 5 nitrogen and oxygen atoms in total. The van der Waals surface area contributed by atoms with Gasteiger partial charge in [-0.25, -0.2) is 0 Å². The van der Waals surface area contributed by atoms with E-state index in [-0.39, 0.29) is 11.8 Å². The average molecular weight is 368 g/mol. The second kappa shape index (κ2) is 6.52. The maximum Gasteiger partial charge on any atom is 0.256 e. The Morgan fingerprint density at radius 2 is 1.55 bits per heavy atom. The number of hydrogen-bond donors (Lipinski definition) is 0. The summed E-state index contributed by atoms with van der Waals surface area (Å²) in [7, 11) is 3.17. The molecule has 0 saturated carbocycles. The van der Waals surface area contributed by atoms with Gasteiger partial charge in [0.15, 0.2) is 0 Å². The van der Waals surface area contributed by atoms with Crippen molar-refractivity contribution in [3.05, 3.63) is 33.3 Å². The highest BCUT2D eigenvalue weighted by Gasteiger charge is 2.32. The van der Waals surface area contributed by atoms with E-state index in [4.69, 9.17) is 9.47 Å². The maximum absolute atomic E-state index is 12.1. The molecule has 0 aromatic heterocycles. The predicted molar refractivity (Wildman–Crippen MR) is 86.0 cm³/mol. The molecule has 0 bridgehead atoms. The molecule has 1 aromatic carbocycles. The first-order valence-electron chi connectivity index (χ1n) is 6.84. The zero-order valence-corrected chi connectivity index (χ0v) is 14.6. The average Bonchev–Trinajstić information content (AvgIpc) is 2.70. The van der Waals surface area contributed by atoms with Crippen molar-refractivity contribution in [2.24, 2.45) is 0 Å². The normalized spacial score (nSPS) is 14.9. The first-order chi connectivity index (χ1) is 10.4. The van der Waals surface area contributed by atoms with Gasteiger partial charge in [0.25, 0.3) is 11.8 Å². The number of benzene rings is 1. The summed E-state index contributed by atoms with van der Waals surface area (Å²) in [6.45, 7) is 3.67. The molecule has 118 valence electrons. The van der Waals surface area contributed by atoms with Gasteiger partial charge in [0.05, 0.1) is 18.7 Å². The lowest BCUT2D eigenvalue weighted by Crippen LogP contribution is -2.33. The van der Waals surface area contributed by atoms with Crippen molar-refractivity contribution in [3.8, 4) is 11.5 Å². The van der Waals surface area contributed by atoms with Crippen LogP contribution in [0.5, 0.6) is 11.5 Å². The molecule has 6 heteroatoms. The van der Waals surface area contributed by atoms with E-state index in [1.165, 1.54) is 4.90 Å². The monoisotopic (exact) mass is 367 g/mol. The fourth-order valence-corrected chi connectivity index (χ4v) is 2.86. The molecule has 1 aliphatic heterocycles. The number of methoxy groups -OCH3 is 2. The van der Waals surface area contributed by atoms with Gasteiger partial charge in [0, 0.05) is 17.7 Å². The Morgan fingerprint density at radius 3 is 2.05 bits per heavy atom. The SMILES string of the molecule is COc1cc(CCN2C(=O)C(C)=C(C)C2=O)c(OC)cc1Br. The topological polar surface area (TPSA) is 55.8 Å². The van der Waals surface area contributed by atoms with Gasteiger partial charge in [0.1, 0.15) is 11.5 Å². The molecule has 0 spiro atoms. The van der Waals surface area contributed by atoms with Gasteiger partial charge < -0.3 is 9.47 Å². The van der Waals surface area contributed by atoms with E-state index in [1.807, 2.05) is 12.1 Å². The minimum atomic E-state index is -0.217. The molecular weight excluding hydrogens is 350 g/mol. The molecule has 0 saturated heterocycles. The van der Waals surface area contributed by atoms with Crippen LogP contribution in [0.4, 0.5) is 0 Å². The summed E-state index contributed by atoms with van der Waals surface area (Å²) in [5.41, 5.74) is 1.92. The third-order valence-corrected chi connectivity index (χ3v) is 4.47. The van der Waals surface area contributed by atoms with E-state index < -0.39 is 0 Å². The summed E-state index contributed by atoms with van der Waals surface area (Å²) in [4.78, 5) is 25.4. The van der Waals surface area contributed by atoms with Gasteiger partial charge in [-0.2, -0.15) is 0 Å². The van der Waals surface area contributed by atoms with Crippen molar-refractivity contribution in [1.82, 2.24) is 4.90 Å². The van der Waals surface area contributed by atoms with E-state index in [0.29, 0.717) is 35.6 Å². The Bertz CT molecular complexity index is 642. The van der Waals surface area contributed by atoms with Crippen molar-refractivity contribution in [2.45, 2.75) is 20.3 Å². The number of rotatable bonds is 5. The Balaban J connectivity index is 2.19. The lowest BCUT2D eigenvalue weighted by atomic mass is 10.1. The van der Waals surface area contributed by atoms with Crippen LogP contribution in [0.2, 0.25) is 0 Å². The maximum atomic E-state index is 12.1. The quantitative estimate of drug-likeness (QED) is 0.750. The number of carbonyl (C=O) groups excluding carboxylic acids is 2. The van der Waals surface area contributed by atoms with E-state index >= 15 is 0 Å². The number of imide groups is 1. The molecule has 2 rings (SSSR count). The first kappa shape index (κ1) is 16.5. The zero-order chi connectivity index (χ0) is 16.4. The van der Waals surface area contributed by atoms with Gasteiger partial charge in [-0.3, -0.25) is 14.5 Å². The molecule has 1 aliphatic rings. The third kappa shape index (κ3) is 2.88. The number of amides is 2. The zero-order valence-electron chi connectivity index (χ0n) is 13.0. The van der Waals surface area contributed by atoms with Crippen LogP contribution < -0.4 is 9.47 Å². The number of ether oxygens (including phenoxy) is 2. The van der Waals surface area contributed by atoms with Gasteiger partial charge in [-0.1, -0.05) is 0 Å². The minimum Gasteiger partial charge on any atom is -0.496 e. The fourth-order valence-electron chi connectivity index (χ4n) is 2.37. The summed E-state index contributed by atoms with van der Waals surface area (Å²) in [6.07, 6.45) is 0.505. The van der Waals surface area contributed by atoms with E-state index in [2.05, 4.69) is 15.9 Å². The number of nitrogens with zero attached hydrogens (tertiary/aromatic N) is 1. The summed E-state index contributed by atoms with van der Waals surface area (Å²) in [5, 5.41) is 0. The molecule has 0 fully saturated rings. The molecule has 1 aromatic rings. The summed E-state index contributed by atoms with van der Waals surface area (Å²) in [6, 6.07) is 3.66. The van der Waals surface area contributed by atoms with E-state index in [0.717, 1.165) is 10.0 Å². The van der Waals surface area contributed by atoms with Crippen LogP contribution in [-0.2, 0) is 16.0 Å². The number of halogens is 1. The highest BCUT2D eigenvalue weighted by atomic mass is 79.9. The summed E-state index contributed by atoms with van der Waals surface area (Å²) >= 11 is 3.40. The fraction of sp³-hybridized carbons (Fsp3) is 0.375. The van der Waals surface area contributed by atoms with Crippen LogP contribution >= 0.6 is 15.9 Å². The van der Waals surface area contributed by atoms with Crippen LogP contribution in [0, 0.1) is 0 Å². The molecule has 22 heavy (non-hydrogen) atoms. The van der Waals surface area contributed by atoms with Crippen LogP contribution in [0.1, 0.15) is 19.4 Å². The van der Waals surface area contributed by atoms with Crippen LogP contribution in [0.25, 0.3) is 0 Å². The number of hydrogen-bond acceptors (Lipinski definition) is 4. The third-order valence-electron chi connectivity index (χ3n) is 3.85. The molecular formula is C16H18BrNO4. The Morgan fingerprint density at radius 1 is 1.00 bits per heavy atom. The van der Waals surface area contributed by atoms with Crippen LogP contribution in [0.3, 0.4) is 0 Å². The van der Waals surface area contributed by atoms with Gasteiger partial charge in [-0.05, 0) is 53.9 Å². The van der Waals surface area contributed by atoms with E-state index in [9.17, 15) is 9.59 Å². The predicted octanol–water partition coefficient (Wildman–Crippen LogP) is 2.71. The summed E-state index contributed by atoms with van der Waals surface area (Å²) in [5.74, 6) is 0.935. The Kier molecular flexibility index (Phi) is 4.90. The lowest BCUT2D eigenvalue weighted by molar-refractivity contribution is -0.137. The molecule has 0 unspecified atom stereocenters. The first-order valence-corrected chi connectivity index (χ1v) is 7.64. The molecule has 0 atom stereocenters. The molecule has 0 N–H and O–H groups in total. The number of carbonyl (C=O) groups is 2. The highest BCUT2D eigenvalue weighted by Crippen LogP contribution is 2.33. The van der Waals surface area contributed by atoms with Crippen molar-refractivity contribution < 1.29 is 19.1 Å². The summed E-state index contributed by atoms with van der Waals surface area (Å²) < 4.78 is 11.4. The Hall–Kier alpha value is -1.82. The van der Waals surface area contributed by atoms with Crippen molar-refractivity contribution in [2.75, 3.05) is 20.8 Å². The van der Waals surface area contributed by atoms with Crippen molar-refractivity contribution in [1.29, 1.82) is 0 Å². The molecule has 0 aliphatic carbocycles. The van der Waals surface area contributed by atoms with Gasteiger partial charge in [-0.15, -0.1) is 0 Å². The molecule has 1 heterocycles. The minimum absolute atomic E-state index is 0.217. The van der Waals surface area contributed by atoms with Gasteiger partial charge >= 0.3 is 0 Å². The molecule has 0 radical (unpaired) electrons. The van der Waals surface area contributed by atoms with Gasteiger partial charge in [0.2, 0.25) is 0 Å².